The van der Waals surface area contributed by atoms with Crippen molar-refractivity contribution in [2.75, 3.05) is 0 Å². The van der Waals surface area contributed by atoms with Gasteiger partial charge in [0.15, 0.2) is 0 Å². The van der Waals surface area contributed by atoms with Crippen molar-refractivity contribution < 1.29 is 4.42 Å². The van der Waals surface area contributed by atoms with Crippen molar-refractivity contribution in [2.45, 2.75) is 26.2 Å². The van der Waals surface area contributed by atoms with Gasteiger partial charge in [-0.25, -0.2) is 0 Å². The molecule has 10 aromatic rings. The second-order valence-corrected chi connectivity index (χ2v) is 13.6. The van der Waals surface area contributed by atoms with E-state index in [0.29, 0.717) is 0 Å². The summed E-state index contributed by atoms with van der Waals surface area (Å²) in [6, 6.07) is 57.9. The minimum Gasteiger partial charge on any atom is -0.455 e. The largest absolute Gasteiger partial charge is 0.455 e. The Balaban J connectivity index is 1.08. The monoisotopic (exact) mass is 641 g/mol. The number of para-hydroxylation sites is 1. The zero-order valence-electron chi connectivity index (χ0n) is 28.0. The Kier molecular flexibility index (Phi) is 6.63. The lowest BCUT2D eigenvalue weighted by Gasteiger charge is -2.11. The SMILES string of the molecule is CCCCc1ccc(-c2ccc3cc(-n4c5ccccc5c5ccc(-c6ccc7oc8c9ccccc9ccc8c7c6)cc54)ccc3c2)cc1. The van der Waals surface area contributed by atoms with Crippen LogP contribution in [0.25, 0.3) is 93.2 Å². The summed E-state index contributed by atoms with van der Waals surface area (Å²) < 4.78 is 8.85. The van der Waals surface area contributed by atoms with Crippen LogP contribution >= 0.6 is 0 Å². The number of hydrogen-bond donors (Lipinski definition) is 0. The predicted molar refractivity (Wildman–Crippen MR) is 213 cm³/mol. The maximum atomic E-state index is 6.42. The van der Waals surface area contributed by atoms with E-state index >= 15 is 0 Å². The Morgan fingerprint density at radius 2 is 1.12 bits per heavy atom. The van der Waals surface area contributed by atoms with Gasteiger partial charge < -0.3 is 8.98 Å². The summed E-state index contributed by atoms with van der Waals surface area (Å²) in [5.74, 6) is 0. The van der Waals surface area contributed by atoms with Crippen molar-refractivity contribution in [3.8, 4) is 27.9 Å². The zero-order chi connectivity index (χ0) is 33.2. The van der Waals surface area contributed by atoms with Crippen molar-refractivity contribution in [1.29, 1.82) is 0 Å². The lowest BCUT2D eigenvalue weighted by molar-refractivity contribution is 0.672. The topological polar surface area (TPSA) is 18.1 Å². The molecule has 238 valence electrons. The predicted octanol–water partition coefficient (Wildman–Crippen LogP) is 13.7. The van der Waals surface area contributed by atoms with Crippen LogP contribution in [0.1, 0.15) is 25.3 Å². The van der Waals surface area contributed by atoms with Crippen molar-refractivity contribution >= 4 is 65.3 Å². The molecule has 0 aliphatic carbocycles. The molecule has 0 radical (unpaired) electrons. The standard InChI is InChI=1S/C48H35NO/c1-2-3-8-31-13-15-32(16-14-31)34-17-18-36-28-39(23-19-35(36)27-34)49-45-12-7-6-11-41(45)42-24-21-38(30-46(42)49)37-22-26-47-44(29-37)43-25-20-33-9-4-5-10-40(33)48(43)50-47/h4-7,9-30H,2-3,8H2,1H3. The molecule has 0 fully saturated rings. The summed E-state index contributed by atoms with van der Waals surface area (Å²) in [6.45, 7) is 2.25. The van der Waals surface area contributed by atoms with E-state index in [2.05, 4.69) is 169 Å². The van der Waals surface area contributed by atoms with Crippen molar-refractivity contribution in [1.82, 2.24) is 4.57 Å². The number of fused-ring (bicyclic) bond motifs is 9. The van der Waals surface area contributed by atoms with E-state index in [0.717, 1.165) is 39.4 Å². The Morgan fingerprint density at radius 1 is 0.460 bits per heavy atom. The van der Waals surface area contributed by atoms with Crippen molar-refractivity contribution in [3.05, 3.63) is 163 Å². The Labute approximate surface area is 290 Å². The van der Waals surface area contributed by atoms with Crippen molar-refractivity contribution in [2.24, 2.45) is 0 Å². The van der Waals surface area contributed by atoms with Gasteiger partial charge in [-0.15, -0.1) is 0 Å². The molecule has 0 N–H and O–H groups in total. The molecule has 0 saturated heterocycles. The van der Waals surface area contributed by atoms with Gasteiger partial charge in [-0.1, -0.05) is 123 Å². The first-order valence-corrected chi connectivity index (χ1v) is 17.7. The minimum absolute atomic E-state index is 0.915. The quantitative estimate of drug-likeness (QED) is 0.177. The molecular weight excluding hydrogens is 607 g/mol. The summed E-state index contributed by atoms with van der Waals surface area (Å²) in [7, 11) is 0. The summed E-state index contributed by atoms with van der Waals surface area (Å²) in [5, 5.41) is 9.63. The van der Waals surface area contributed by atoms with Gasteiger partial charge in [0.25, 0.3) is 0 Å². The number of nitrogens with zero attached hydrogens (tertiary/aromatic N) is 1. The molecule has 2 heteroatoms. The van der Waals surface area contributed by atoms with Gasteiger partial charge in [-0.2, -0.15) is 0 Å². The molecular formula is C48H35NO. The molecule has 0 spiro atoms. The van der Waals surface area contributed by atoms with Crippen LogP contribution in [-0.4, -0.2) is 4.57 Å². The third kappa shape index (κ3) is 4.64. The number of furan rings is 1. The highest BCUT2D eigenvalue weighted by Crippen LogP contribution is 2.39. The first-order chi connectivity index (χ1) is 24.7. The number of unbranched alkanes of at least 4 members (excludes halogenated alkanes) is 1. The first kappa shape index (κ1) is 28.9. The van der Waals surface area contributed by atoms with Gasteiger partial charge in [0.2, 0.25) is 0 Å². The second-order valence-electron chi connectivity index (χ2n) is 13.6. The number of hydrogen-bond acceptors (Lipinski definition) is 1. The third-order valence-electron chi connectivity index (χ3n) is 10.6. The van der Waals surface area contributed by atoms with Crippen LogP contribution in [0.3, 0.4) is 0 Å². The highest BCUT2D eigenvalue weighted by atomic mass is 16.3. The highest BCUT2D eigenvalue weighted by Gasteiger charge is 2.16. The number of aryl methyl sites for hydroxylation is 1. The van der Waals surface area contributed by atoms with Crippen molar-refractivity contribution in [3.63, 3.8) is 0 Å². The molecule has 0 amide bonds. The molecule has 2 nitrogen and oxygen atoms in total. The second kappa shape index (κ2) is 11.5. The maximum absolute atomic E-state index is 6.42. The smallest absolute Gasteiger partial charge is 0.143 e. The van der Waals surface area contributed by atoms with Crippen LogP contribution in [-0.2, 0) is 6.42 Å². The van der Waals surface area contributed by atoms with E-state index in [1.54, 1.807) is 0 Å². The zero-order valence-corrected chi connectivity index (χ0v) is 28.0. The lowest BCUT2D eigenvalue weighted by atomic mass is 9.99. The molecule has 2 heterocycles. The van der Waals surface area contributed by atoms with Crippen LogP contribution in [0.2, 0.25) is 0 Å². The van der Waals surface area contributed by atoms with Gasteiger partial charge in [-0.3, -0.25) is 0 Å². The normalized spacial score (nSPS) is 11.9. The van der Waals surface area contributed by atoms with E-state index in [1.165, 1.54) is 78.6 Å². The van der Waals surface area contributed by atoms with Crippen LogP contribution in [0.15, 0.2) is 162 Å². The summed E-state index contributed by atoms with van der Waals surface area (Å²) in [6.07, 6.45) is 3.61. The van der Waals surface area contributed by atoms with E-state index in [9.17, 15) is 0 Å². The van der Waals surface area contributed by atoms with E-state index < -0.39 is 0 Å². The Hall–Kier alpha value is -6.12. The average Bonchev–Trinajstić information content (AvgIpc) is 3.72. The molecule has 0 atom stereocenters. The molecule has 8 aromatic carbocycles. The number of aromatic nitrogens is 1. The Bertz CT molecular complexity index is 2900. The van der Waals surface area contributed by atoms with E-state index in [-0.39, 0.29) is 0 Å². The van der Waals surface area contributed by atoms with E-state index in [1.807, 2.05) is 0 Å². The molecule has 0 unspecified atom stereocenters. The van der Waals surface area contributed by atoms with Crippen LogP contribution in [0, 0.1) is 0 Å². The summed E-state index contributed by atoms with van der Waals surface area (Å²) >= 11 is 0. The summed E-state index contributed by atoms with van der Waals surface area (Å²) in [5.41, 5.74) is 11.7. The van der Waals surface area contributed by atoms with Gasteiger partial charge in [0.05, 0.1) is 11.0 Å². The maximum Gasteiger partial charge on any atom is 0.143 e. The molecule has 0 bridgehead atoms. The van der Waals surface area contributed by atoms with Gasteiger partial charge in [0, 0.05) is 32.6 Å². The van der Waals surface area contributed by atoms with Crippen LogP contribution in [0.5, 0.6) is 0 Å². The molecule has 0 aliphatic heterocycles. The molecule has 2 aromatic heterocycles. The van der Waals surface area contributed by atoms with Crippen LogP contribution in [0.4, 0.5) is 0 Å². The Morgan fingerprint density at radius 3 is 2.02 bits per heavy atom. The number of rotatable bonds is 6. The van der Waals surface area contributed by atoms with Gasteiger partial charge >= 0.3 is 0 Å². The van der Waals surface area contributed by atoms with Gasteiger partial charge in [-0.05, 0) is 105 Å². The molecule has 0 aliphatic rings. The molecule has 0 saturated carbocycles. The molecule has 10 rings (SSSR count). The third-order valence-corrected chi connectivity index (χ3v) is 10.6. The number of benzene rings is 8. The highest BCUT2D eigenvalue weighted by molar-refractivity contribution is 6.16. The first-order valence-electron chi connectivity index (χ1n) is 17.7. The fourth-order valence-electron chi connectivity index (χ4n) is 7.91. The summed E-state index contributed by atoms with van der Waals surface area (Å²) in [4.78, 5) is 0. The lowest BCUT2D eigenvalue weighted by Crippen LogP contribution is -1.94. The van der Waals surface area contributed by atoms with Gasteiger partial charge in [0.1, 0.15) is 11.2 Å². The fraction of sp³-hybridized carbons (Fsp3) is 0.0833. The average molecular weight is 642 g/mol. The fourth-order valence-corrected chi connectivity index (χ4v) is 7.91. The van der Waals surface area contributed by atoms with Crippen LogP contribution < -0.4 is 0 Å². The molecule has 50 heavy (non-hydrogen) atoms. The van der Waals surface area contributed by atoms with E-state index in [4.69, 9.17) is 4.42 Å². The minimum atomic E-state index is 0.915.